The Hall–Kier alpha value is -2.41. The van der Waals surface area contributed by atoms with Crippen molar-refractivity contribution in [2.45, 2.75) is 32.2 Å². The van der Waals surface area contributed by atoms with Crippen molar-refractivity contribution in [3.8, 4) is 0 Å². The Kier molecular flexibility index (Phi) is 5.79. The molecule has 0 fully saturated rings. The van der Waals surface area contributed by atoms with E-state index in [1.54, 1.807) is 30.6 Å². The molecule has 0 radical (unpaired) electrons. The van der Waals surface area contributed by atoms with Crippen LogP contribution in [-0.4, -0.2) is 25.2 Å². The first kappa shape index (κ1) is 18.9. The fraction of sp³-hybridized carbons (Fsp3) is 0.333. The van der Waals surface area contributed by atoms with Crippen LogP contribution >= 0.6 is 0 Å². The number of amides is 2. The monoisotopic (exact) mass is 361 g/mol. The first-order chi connectivity index (χ1) is 11.7. The van der Waals surface area contributed by atoms with Crippen LogP contribution in [0.4, 0.5) is 10.5 Å². The van der Waals surface area contributed by atoms with E-state index in [2.05, 4.69) is 15.6 Å². The van der Waals surface area contributed by atoms with Crippen LogP contribution in [-0.2, 0) is 16.4 Å². The molecule has 6 nitrogen and oxygen atoms in total. The Bertz CT molecular complexity index is 811. The number of pyridine rings is 1. The molecule has 2 rings (SSSR count). The average molecular weight is 361 g/mol. The molecule has 1 aromatic heterocycles. The van der Waals surface area contributed by atoms with Crippen molar-refractivity contribution in [3.63, 3.8) is 0 Å². The molecule has 0 saturated heterocycles. The van der Waals surface area contributed by atoms with Crippen molar-refractivity contribution in [3.05, 3.63) is 54.4 Å². The number of anilines is 1. The molecule has 0 unspecified atom stereocenters. The molecule has 0 saturated carbocycles. The van der Waals surface area contributed by atoms with Gasteiger partial charge in [0.15, 0.2) is 9.84 Å². The van der Waals surface area contributed by atoms with Gasteiger partial charge in [-0.25, -0.2) is 13.2 Å². The van der Waals surface area contributed by atoms with Crippen molar-refractivity contribution >= 4 is 21.6 Å². The number of rotatable bonds is 5. The summed E-state index contributed by atoms with van der Waals surface area (Å²) in [4.78, 5) is 16.1. The summed E-state index contributed by atoms with van der Waals surface area (Å²) in [5.41, 5.74) is 1.10. The molecule has 1 heterocycles. The highest BCUT2D eigenvalue weighted by Gasteiger charge is 2.23. The molecule has 2 aromatic rings. The second-order valence-electron chi connectivity index (χ2n) is 7.01. The van der Waals surface area contributed by atoms with E-state index in [9.17, 15) is 13.2 Å². The molecule has 0 aliphatic heterocycles. The molecule has 0 atom stereocenters. The topological polar surface area (TPSA) is 88.2 Å². The molecule has 134 valence electrons. The van der Waals surface area contributed by atoms with Gasteiger partial charge in [0.2, 0.25) is 0 Å². The van der Waals surface area contributed by atoms with Gasteiger partial charge in [0.1, 0.15) is 0 Å². The van der Waals surface area contributed by atoms with Gasteiger partial charge >= 0.3 is 6.03 Å². The third-order valence-corrected chi connectivity index (χ3v) is 5.51. The van der Waals surface area contributed by atoms with Gasteiger partial charge in [0, 0.05) is 24.6 Å². The smallest absolute Gasteiger partial charge is 0.319 e. The van der Waals surface area contributed by atoms with E-state index < -0.39 is 9.84 Å². The third kappa shape index (κ3) is 6.19. The number of hydrogen-bond donors (Lipinski definition) is 2. The molecule has 1 aromatic carbocycles. The van der Waals surface area contributed by atoms with Gasteiger partial charge in [-0.2, -0.15) is 0 Å². The number of carbonyl (C=O) groups excluding carboxylic acids is 1. The number of nitrogens with zero attached hydrogens (tertiary/aromatic N) is 1. The second-order valence-corrected chi connectivity index (χ2v) is 9.00. The lowest BCUT2D eigenvalue weighted by Crippen LogP contribution is -2.28. The summed E-state index contributed by atoms with van der Waals surface area (Å²) < 4.78 is 24.7. The predicted molar refractivity (Wildman–Crippen MR) is 98.0 cm³/mol. The van der Waals surface area contributed by atoms with Crippen LogP contribution in [0.1, 0.15) is 26.3 Å². The quantitative estimate of drug-likeness (QED) is 0.856. The summed E-state index contributed by atoms with van der Waals surface area (Å²) in [6, 6.07) is 9.48. The van der Waals surface area contributed by atoms with Gasteiger partial charge in [0.05, 0.1) is 10.6 Å². The van der Waals surface area contributed by atoms with Crippen molar-refractivity contribution in [2.75, 3.05) is 11.1 Å². The molecule has 2 N–H and O–H groups in total. The Morgan fingerprint density at radius 2 is 1.80 bits per heavy atom. The zero-order valence-corrected chi connectivity index (χ0v) is 15.4. The van der Waals surface area contributed by atoms with Gasteiger partial charge in [-0.1, -0.05) is 26.8 Å². The minimum absolute atomic E-state index is 0.0678. The van der Waals surface area contributed by atoms with Gasteiger partial charge in [-0.05, 0) is 41.3 Å². The van der Waals surface area contributed by atoms with Crippen molar-refractivity contribution in [1.29, 1.82) is 0 Å². The lowest BCUT2D eigenvalue weighted by Gasteiger charge is -2.18. The Balaban J connectivity index is 1.95. The summed E-state index contributed by atoms with van der Waals surface area (Å²) in [6.45, 7) is 6.00. The highest BCUT2D eigenvalue weighted by Crippen LogP contribution is 2.23. The van der Waals surface area contributed by atoms with Gasteiger partial charge in [0.25, 0.3) is 0 Å². The summed E-state index contributed by atoms with van der Waals surface area (Å²) >= 11 is 0. The van der Waals surface area contributed by atoms with E-state index in [1.165, 1.54) is 12.1 Å². The number of sulfone groups is 1. The van der Waals surface area contributed by atoms with Gasteiger partial charge < -0.3 is 10.6 Å². The fourth-order valence-electron chi connectivity index (χ4n) is 2.26. The maximum atomic E-state index is 12.3. The Labute approximate surface area is 148 Å². The Morgan fingerprint density at radius 3 is 2.36 bits per heavy atom. The fourth-order valence-corrected chi connectivity index (χ4v) is 4.12. The number of urea groups is 1. The zero-order valence-electron chi connectivity index (χ0n) is 14.6. The molecule has 0 bridgehead atoms. The largest absolute Gasteiger partial charge is 0.334 e. The maximum absolute atomic E-state index is 12.3. The Morgan fingerprint density at radius 1 is 1.12 bits per heavy atom. The molecular formula is C18H23N3O3S. The molecule has 25 heavy (non-hydrogen) atoms. The molecule has 7 heteroatoms. The standard InChI is InChI=1S/C18H23N3O3S/c1-18(2,3)13-25(23,24)16-8-6-15(7-9-16)21-17(22)20-12-14-5-4-10-19-11-14/h4-11H,12-13H2,1-3H3,(H2,20,21,22). The molecule has 0 aliphatic rings. The zero-order chi connectivity index (χ0) is 18.5. The van der Waals surface area contributed by atoms with Crippen LogP contribution in [0.15, 0.2) is 53.7 Å². The minimum atomic E-state index is -3.34. The highest BCUT2D eigenvalue weighted by molar-refractivity contribution is 7.91. The van der Waals surface area contributed by atoms with Crippen LogP contribution < -0.4 is 10.6 Å². The summed E-state index contributed by atoms with van der Waals surface area (Å²) in [6.07, 6.45) is 3.34. The maximum Gasteiger partial charge on any atom is 0.319 e. The summed E-state index contributed by atoms with van der Waals surface area (Å²) in [7, 11) is -3.34. The van der Waals surface area contributed by atoms with Crippen molar-refractivity contribution in [2.24, 2.45) is 5.41 Å². The van der Waals surface area contributed by atoms with Crippen LogP contribution in [0.3, 0.4) is 0 Å². The van der Waals surface area contributed by atoms with Crippen LogP contribution in [0.5, 0.6) is 0 Å². The third-order valence-electron chi connectivity index (χ3n) is 3.27. The molecular weight excluding hydrogens is 338 g/mol. The molecule has 0 spiro atoms. The first-order valence-corrected chi connectivity index (χ1v) is 9.57. The minimum Gasteiger partial charge on any atom is -0.334 e. The van der Waals surface area contributed by atoms with E-state index in [0.29, 0.717) is 12.2 Å². The van der Waals surface area contributed by atoms with Crippen LogP contribution in [0.25, 0.3) is 0 Å². The highest BCUT2D eigenvalue weighted by atomic mass is 32.2. The lowest BCUT2D eigenvalue weighted by molar-refractivity contribution is 0.251. The number of benzene rings is 1. The first-order valence-electron chi connectivity index (χ1n) is 7.92. The van der Waals surface area contributed by atoms with E-state index in [-0.39, 0.29) is 22.1 Å². The van der Waals surface area contributed by atoms with Crippen molar-refractivity contribution < 1.29 is 13.2 Å². The van der Waals surface area contributed by atoms with E-state index in [4.69, 9.17) is 0 Å². The number of aromatic nitrogens is 1. The summed E-state index contributed by atoms with van der Waals surface area (Å²) in [5.74, 6) is 0.0678. The number of nitrogens with one attached hydrogen (secondary N) is 2. The molecule has 2 amide bonds. The van der Waals surface area contributed by atoms with Crippen molar-refractivity contribution in [1.82, 2.24) is 10.3 Å². The molecule has 0 aliphatic carbocycles. The van der Waals surface area contributed by atoms with Gasteiger partial charge in [-0.3, -0.25) is 4.98 Å². The van der Waals surface area contributed by atoms with Crippen LogP contribution in [0, 0.1) is 5.41 Å². The second kappa shape index (κ2) is 7.65. The number of hydrogen-bond acceptors (Lipinski definition) is 4. The van der Waals surface area contributed by atoms with Crippen LogP contribution in [0.2, 0.25) is 0 Å². The lowest BCUT2D eigenvalue weighted by atomic mass is 10.0. The van der Waals surface area contributed by atoms with Gasteiger partial charge in [-0.15, -0.1) is 0 Å². The summed E-state index contributed by atoms with van der Waals surface area (Å²) in [5, 5.41) is 5.39. The average Bonchev–Trinajstić information content (AvgIpc) is 2.52. The number of carbonyl (C=O) groups is 1. The predicted octanol–water partition coefficient (Wildman–Crippen LogP) is 3.22. The van der Waals surface area contributed by atoms with E-state index >= 15 is 0 Å². The SMILES string of the molecule is CC(C)(C)CS(=O)(=O)c1ccc(NC(=O)NCc2cccnc2)cc1. The van der Waals surface area contributed by atoms with E-state index in [0.717, 1.165) is 5.56 Å². The van der Waals surface area contributed by atoms with E-state index in [1.807, 2.05) is 26.8 Å². The normalized spacial score (nSPS) is 11.8.